The highest BCUT2D eigenvalue weighted by molar-refractivity contribution is 7.92. The van der Waals surface area contributed by atoms with Crippen molar-refractivity contribution in [2.75, 3.05) is 10.0 Å². The van der Waals surface area contributed by atoms with E-state index in [1.54, 1.807) is 19.1 Å². The van der Waals surface area contributed by atoms with Crippen LogP contribution in [0.4, 0.5) is 17.1 Å². The summed E-state index contributed by atoms with van der Waals surface area (Å²) in [6.07, 6.45) is 0. The van der Waals surface area contributed by atoms with Gasteiger partial charge in [-0.25, -0.2) is 8.42 Å². The Bertz CT molecular complexity index is 1270. The Morgan fingerprint density at radius 3 is 2.26 bits per heavy atom. The van der Waals surface area contributed by atoms with Gasteiger partial charge in [-0.3, -0.25) is 19.6 Å². The second-order valence-corrected chi connectivity index (χ2v) is 8.91. The molecule has 0 aromatic heterocycles. The van der Waals surface area contributed by atoms with E-state index in [0.717, 1.165) is 5.56 Å². The second kappa shape index (κ2) is 8.75. The largest absolute Gasteiger partial charge is 0.321 e. The number of hydrogen-bond donors (Lipinski definition) is 2. The molecule has 0 radical (unpaired) electrons. The second-order valence-electron chi connectivity index (χ2n) is 6.82. The van der Waals surface area contributed by atoms with Crippen LogP contribution in [-0.2, 0) is 10.0 Å². The van der Waals surface area contributed by atoms with Crippen molar-refractivity contribution >= 4 is 44.6 Å². The van der Waals surface area contributed by atoms with Gasteiger partial charge in [-0.1, -0.05) is 35.4 Å². The lowest BCUT2D eigenvalue weighted by atomic mass is 10.1. The highest BCUT2D eigenvalue weighted by atomic mass is 35.5. The normalized spacial score (nSPS) is 11.1. The molecule has 0 fully saturated rings. The average Bonchev–Trinajstić information content (AvgIpc) is 2.71. The van der Waals surface area contributed by atoms with Gasteiger partial charge < -0.3 is 5.32 Å². The molecule has 0 heterocycles. The maximum Gasteiger partial charge on any atom is 0.271 e. The molecular formula is C21H18ClN3O5S. The van der Waals surface area contributed by atoms with Crippen molar-refractivity contribution in [3.63, 3.8) is 0 Å². The van der Waals surface area contributed by atoms with Crippen LogP contribution in [0.25, 0.3) is 0 Å². The molecule has 8 nitrogen and oxygen atoms in total. The predicted octanol–water partition coefficient (Wildman–Crippen LogP) is 4.92. The van der Waals surface area contributed by atoms with Crippen LogP contribution in [0.5, 0.6) is 0 Å². The number of sulfonamides is 1. The number of nitrogens with zero attached hydrogens (tertiary/aromatic N) is 1. The van der Waals surface area contributed by atoms with E-state index in [9.17, 15) is 23.3 Å². The molecule has 3 aromatic rings. The molecule has 0 aliphatic heterocycles. The Balaban J connectivity index is 1.80. The summed E-state index contributed by atoms with van der Waals surface area (Å²) < 4.78 is 27.5. The number of rotatable bonds is 6. The summed E-state index contributed by atoms with van der Waals surface area (Å²) in [5.74, 6) is -0.543. The number of non-ortho nitro benzene ring substituents is 1. The van der Waals surface area contributed by atoms with Gasteiger partial charge in [-0.05, 0) is 49.7 Å². The number of anilines is 2. The van der Waals surface area contributed by atoms with Gasteiger partial charge in [0.1, 0.15) is 0 Å². The summed E-state index contributed by atoms with van der Waals surface area (Å²) in [6, 6.07) is 14.6. The number of nitrogens with one attached hydrogen (secondary N) is 2. The van der Waals surface area contributed by atoms with E-state index >= 15 is 0 Å². The molecular weight excluding hydrogens is 442 g/mol. The molecule has 160 valence electrons. The first kappa shape index (κ1) is 22.3. The number of halogens is 1. The monoisotopic (exact) mass is 459 g/mol. The number of nitro groups is 1. The molecule has 0 unspecified atom stereocenters. The molecule has 0 saturated carbocycles. The fraction of sp³-hybridized carbons (Fsp3) is 0.0952. The van der Waals surface area contributed by atoms with Crippen molar-refractivity contribution in [3.8, 4) is 0 Å². The highest BCUT2D eigenvalue weighted by Crippen LogP contribution is 2.27. The van der Waals surface area contributed by atoms with E-state index in [0.29, 0.717) is 11.3 Å². The summed E-state index contributed by atoms with van der Waals surface area (Å²) in [5.41, 5.74) is 1.98. The fourth-order valence-electron chi connectivity index (χ4n) is 2.71. The molecule has 3 rings (SSSR count). The Hall–Kier alpha value is -3.43. The molecule has 0 spiro atoms. The van der Waals surface area contributed by atoms with Gasteiger partial charge in [0.2, 0.25) is 0 Å². The Labute approximate surface area is 184 Å². The standard InChI is InChI=1S/C21H18ClN3O5S/c1-13-3-8-17(9-4-13)31(29,30)24-19-10-6-15(11-18(19)22)21(26)23-20-12-16(25(27)28)7-5-14(20)2/h3-12,24H,1-2H3,(H,23,26). The van der Waals surface area contributed by atoms with Crippen molar-refractivity contribution in [2.45, 2.75) is 18.7 Å². The first-order chi connectivity index (χ1) is 14.6. The molecule has 0 aliphatic carbocycles. The zero-order valence-corrected chi connectivity index (χ0v) is 18.1. The molecule has 2 N–H and O–H groups in total. The molecule has 0 aliphatic rings. The maximum atomic E-state index is 12.6. The van der Waals surface area contributed by atoms with Gasteiger partial charge in [-0.2, -0.15) is 0 Å². The van der Waals surface area contributed by atoms with E-state index < -0.39 is 20.9 Å². The molecule has 31 heavy (non-hydrogen) atoms. The number of carbonyl (C=O) groups is 1. The van der Waals surface area contributed by atoms with Gasteiger partial charge in [0.15, 0.2) is 0 Å². The summed E-state index contributed by atoms with van der Waals surface area (Å²) in [4.78, 5) is 23.1. The van der Waals surface area contributed by atoms with E-state index in [4.69, 9.17) is 11.6 Å². The Morgan fingerprint density at radius 2 is 1.65 bits per heavy atom. The number of nitro benzene ring substituents is 1. The lowest BCUT2D eigenvalue weighted by Gasteiger charge is -2.12. The van der Waals surface area contributed by atoms with Crippen molar-refractivity contribution in [1.29, 1.82) is 0 Å². The Kier molecular flexibility index (Phi) is 6.28. The van der Waals surface area contributed by atoms with Crippen molar-refractivity contribution < 1.29 is 18.1 Å². The number of aryl methyl sites for hydroxylation is 2. The zero-order chi connectivity index (χ0) is 22.8. The average molecular weight is 460 g/mol. The van der Waals surface area contributed by atoms with Crippen molar-refractivity contribution in [2.24, 2.45) is 0 Å². The smallest absolute Gasteiger partial charge is 0.271 e. The third-order valence-corrected chi connectivity index (χ3v) is 6.18. The van der Waals surface area contributed by atoms with Crippen LogP contribution in [0.15, 0.2) is 65.6 Å². The molecule has 1 amide bonds. The third-order valence-electron chi connectivity index (χ3n) is 4.49. The number of benzene rings is 3. The topological polar surface area (TPSA) is 118 Å². The summed E-state index contributed by atoms with van der Waals surface area (Å²) in [6.45, 7) is 3.55. The third kappa shape index (κ3) is 5.19. The first-order valence-corrected chi connectivity index (χ1v) is 10.9. The van der Waals surface area contributed by atoms with Crippen LogP contribution in [0.2, 0.25) is 5.02 Å². The maximum absolute atomic E-state index is 12.6. The van der Waals surface area contributed by atoms with Crippen molar-refractivity contribution in [1.82, 2.24) is 0 Å². The van der Waals surface area contributed by atoms with E-state index in [1.807, 2.05) is 6.92 Å². The van der Waals surface area contributed by atoms with Crippen LogP contribution < -0.4 is 10.0 Å². The minimum absolute atomic E-state index is 0.0269. The number of amides is 1. The van der Waals surface area contributed by atoms with Crippen LogP contribution >= 0.6 is 11.6 Å². The van der Waals surface area contributed by atoms with Crippen LogP contribution in [0.3, 0.4) is 0 Å². The first-order valence-electron chi connectivity index (χ1n) is 9.02. The van der Waals surface area contributed by atoms with Crippen molar-refractivity contribution in [3.05, 3.63) is 92.5 Å². The van der Waals surface area contributed by atoms with Crippen LogP contribution in [-0.4, -0.2) is 19.2 Å². The quantitative estimate of drug-likeness (QED) is 0.400. The lowest BCUT2D eigenvalue weighted by molar-refractivity contribution is -0.384. The summed E-state index contributed by atoms with van der Waals surface area (Å²) >= 11 is 6.20. The molecule has 10 heteroatoms. The predicted molar refractivity (Wildman–Crippen MR) is 119 cm³/mol. The molecule has 0 saturated heterocycles. The molecule has 3 aromatic carbocycles. The Morgan fingerprint density at radius 1 is 0.968 bits per heavy atom. The SMILES string of the molecule is Cc1ccc(S(=O)(=O)Nc2ccc(C(=O)Nc3cc([N+](=O)[O-])ccc3C)cc2Cl)cc1. The summed E-state index contributed by atoms with van der Waals surface area (Å²) in [7, 11) is -3.85. The number of hydrogen-bond acceptors (Lipinski definition) is 5. The van der Waals surface area contributed by atoms with Gasteiger partial charge in [-0.15, -0.1) is 0 Å². The highest BCUT2D eigenvalue weighted by Gasteiger charge is 2.18. The van der Waals surface area contributed by atoms with Gasteiger partial charge >= 0.3 is 0 Å². The lowest BCUT2D eigenvalue weighted by Crippen LogP contribution is -2.15. The van der Waals surface area contributed by atoms with Gasteiger partial charge in [0.05, 0.1) is 26.2 Å². The van der Waals surface area contributed by atoms with Crippen LogP contribution in [0.1, 0.15) is 21.5 Å². The molecule has 0 bridgehead atoms. The number of carbonyl (C=O) groups excluding carboxylic acids is 1. The molecule has 0 atom stereocenters. The minimum Gasteiger partial charge on any atom is -0.321 e. The zero-order valence-electron chi connectivity index (χ0n) is 16.5. The minimum atomic E-state index is -3.85. The van der Waals surface area contributed by atoms with E-state index in [-0.39, 0.29) is 26.9 Å². The fourth-order valence-corrected chi connectivity index (χ4v) is 4.08. The van der Waals surface area contributed by atoms with Crippen LogP contribution in [0, 0.1) is 24.0 Å². The van der Waals surface area contributed by atoms with E-state index in [1.165, 1.54) is 48.5 Å². The van der Waals surface area contributed by atoms with Gasteiger partial charge in [0, 0.05) is 17.7 Å². The summed E-state index contributed by atoms with van der Waals surface area (Å²) in [5, 5.41) is 13.6. The van der Waals surface area contributed by atoms with E-state index in [2.05, 4.69) is 10.0 Å². The van der Waals surface area contributed by atoms with Gasteiger partial charge in [0.25, 0.3) is 21.6 Å².